The van der Waals surface area contributed by atoms with Crippen LogP contribution in [0.2, 0.25) is 5.02 Å². The number of carbonyl (C=O) groups excluding carboxylic acids is 1. The second-order valence-electron chi connectivity index (χ2n) is 9.00. The Hall–Kier alpha value is -3.36. The lowest BCUT2D eigenvalue weighted by Crippen LogP contribution is -2.26. The summed E-state index contributed by atoms with van der Waals surface area (Å²) in [6, 6.07) is 10.8. The van der Waals surface area contributed by atoms with E-state index in [0.29, 0.717) is 56.6 Å². The summed E-state index contributed by atoms with van der Waals surface area (Å²) >= 11 is 6.44. The van der Waals surface area contributed by atoms with Crippen LogP contribution in [0.25, 0.3) is 17.2 Å². The molecular weight excluding hydrogens is 498 g/mol. The number of pyridine rings is 1. The van der Waals surface area contributed by atoms with Gasteiger partial charge in [-0.15, -0.1) is 0 Å². The fourth-order valence-electron chi connectivity index (χ4n) is 4.18. The number of nitrogens with zero attached hydrogens (tertiary/aromatic N) is 2. The van der Waals surface area contributed by atoms with Gasteiger partial charge in [-0.1, -0.05) is 23.7 Å². The van der Waals surface area contributed by atoms with Gasteiger partial charge in [0.25, 0.3) is 5.56 Å². The standard InChI is InChI=1S/C27H28ClN3O4S/c1-6-29-26(32)17-12-19-21(13-17)27(33)31(3)15-22(19)20-14-18(30-36(4,5)34)10-11-24(20)35-25-16(2)8-7-9-23(25)28/h7-12,14-15H,6,13H2,1-5H3,(H,29,32). The quantitative estimate of drug-likeness (QED) is 0.476. The van der Waals surface area contributed by atoms with Gasteiger partial charge in [-0.2, -0.15) is 4.36 Å². The highest BCUT2D eigenvalue weighted by Gasteiger charge is 2.26. The van der Waals surface area contributed by atoms with E-state index in [4.69, 9.17) is 16.3 Å². The summed E-state index contributed by atoms with van der Waals surface area (Å²) in [6.07, 6.45) is 6.85. The highest BCUT2D eigenvalue weighted by molar-refractivity contribution is 7.92. The molecule has 4 rings (SSSR count). The molecule has 1 aliphatic rings. The highest BCUT2D eigenvalue weighted by Crippen LogP contribution is 2.42. The van der Waals surface area contributed by atoms with E-state index in [0.717, 1.165) is 5.56 Å². The smallest absolute Gasteiger partial charge is 0.254 e. The van der Waals surface area contributed by atoms with Gasteiger partial charge in [0, 0.05) is 70.7 Å². The van der Waals surface area contributed by atoms with Crippen LogP contribution >= 0.6 is 11.6 Å². The van der Waals surface area contributed by atoms with Crippen molar-refractivity contribution >= 4 is 39.0 Å². The van der Waals surface area contributed by atoms with Gasteiger partial charge in [-0.05, 0) is 55.3 Å². The Labute approximate surface area is 215 Å². The zero-order chi connectivity index (χ0) is 26.2. The zero-order valence-electron chi connectivity index (χ0n) is 20.8. The van der Waals surface area contributed by atoms with Crippen LogP contribution in [0.5, 0.6) is 11.5 Å². The molecule has 36 heavy (non-hydrogen) atoms. The first-order valence-corrected chi connectivity index (χ1v) is 14.1. The molecule has 7 nitrogen and oxygen atoms in total. The molecule has 9 heteroatoms. The van der Waals surface area contributed by atoms with E-state index >= 15 is 0 Å². The van der Waals surface area contributed by atoms with E-state index in [1.807, 2.05) is 26.0 Å². The van der Waals surface area contributed by atoms with Gasteiger partial charge in [-0.25, -0.2) is 4.21 Å². The lowest BCUT2D eigenvalue weighted by molar-refractivity contribution is -0.117. The number of likely N-dealkylation sites (N-methyl/N-ethyl adjacent to an activating group) is 1. The molecule has 0 radical (unpaired) electrons. The maximum absolute atomic E-state index is 13.0. The molecule has 0 spiro atoms. The molecule has 1 heterocycles. The van der Waals surface area contributed by atoms with Crippen LogP contribution in [0.15, 0.2) is 57.3 Å². The summed E-state index contributed by atoms with van der Waals surface area (Å²) in [4.78, 5) is 25.6. The first-order chi connectivity index (χ1) is 17.0. The summed E-state index contributed by atoms with van der Waals surface area (Å²) in [5.41, 5.74) is 4.25. The van der Waals surface area contributed by atoms with Crippen LogP contribution in [0, 0.1) is 6.92 Å². The summed E-state index contributed by atoms with van der Waals surface area (Å²) in [6.45, 7) is 4.24. The maximum atomic E-state index is 13.0. The Bertz CT molecular complexity index is 1570. The van der Waals surface area contributed by atoms with Gasteiger partial charge < -0.3 is 14.6 Å². The van der Waals surface area contributed by atoms with Crippen LogP contribution in [-0.4, -0.2) is 33.7 Å². The fourth-order valence-corrected chi connectivity index (χ4v) is 5.06. The Morgan fingerprint density at radius 1 is 1.22 bits per heavy atom. The highest BCUT2D eigenvalue weighted by atomic mass is 35.5. The van der Waals surface area contributed by atoms with Crippen LogP contribution in [0.3, 0.4) is 0 Å². The summed E-state index contributed by atoms with van der Waals surface area (Å²) in [5.74, 6) is 0.801. The van der Waals surface area contributed by atoms with Gasteiger partial charge in [0.05, 0.1) is 10.7 Å². The molecule has 3 aromatic rings. The predicted octanol–water partition coefficient (Wildman–Crippen LogP) is 5.24. The van der Waals surface area contributed by atoms with Crippen molar-refractivity contribution in [3.8, 4) is 22.6 Å². The number of benzene rings is 2. The summed E-state index contributed by atoms with van der Waals surface area (Å²) in [5, 5.41) is 3.27. The van der Waals surface area contributed by atoms with Gasteiger partial charge in [0.15, 0.2) is 0 Å². The second-order valence-corrected chi connectivity index (χ2v) is 12.0. The van der Waals surface area contributed by atoms with Gasteiger partial charge >= 0.3 is 0 Å². The third-order valence-electron chi connectivity index (χ3n) is 5.79. The Morgan fingerprint density at radius 3 is 2.64 bits per heavy atom. The number of rotatable bonds is 6. The number of para-hydroxylation sites is 1. The third-order valence-corrected chi connectivity index (χ3v) is 6.73. The minimum Gasteiger partial charge on any atom is -0.455 e. The molecule has 0 aliphatic heterocycles. The number of aryl methyl sites for hydroxylation is 2. The average molecular weight is 526 g/mol. The van der Waals surface area contributed by atoms with Crippen molar-refractivity contribution in [2.75, 3.05) is 19.1 Å². The summed E-state index contributed by atoms with van der Waals surface area (Å²) in [7, 11) is -0.746. The Kier molecular flexibility index (Phi) is 7.11. The summed E-state index contributed by atoms with van der Waals surface area (Å²) < 4.78 is 24.6. The van der Waals surface area contributed by atoms with Crippen molar-refractivity contribution in [2.24, 2.45) is 11.4 Å². The molecule has 0 fully saturated rings. The van der Waals surface area contributed by atoms with Gasteiger partial charge in [-0.3, -0.25) is 9.59 Å². The predicted molar refractivity (Wildman–Crippen MR) is 146 cm³/mol. The van der Waals surface area contributed by atoms with Crippen LogP contribution in [0.1, 0.15) is 23.6 Å². The molecular formula is C27H28ClN3O4S. The SMILES string of the molecule is CCNC(=O)C1=Cc2c(-c3cc(N=S(C)(C)=O)ccc3Oc3c(C)cccc3Cl)cn(C)c(=O)c2C1. The van der Waals surface area contributed by atoms with Crippen molar-refractivity contribution in [2.45, 2.75) is 20.3 Å². The number of aromatic nitrogens is 1. The van der Waals surface area contributed by atoms with Gasteiger partial charge in [0.1, 0.15) is 11.5 Å². The van der Waals surface area contributed by atoms with E-state index in [1.54, 1.807) is 56.1 Å². The first kappa shape index (κ1) is 25.7. The number of amides is 1. The molecule has 1 amide bonds. The number of halogens is 1. The largest absolute Gasteiger partial charge is 0.455 e. The molecule has 0 atom stereocenters. The van der Waals surface area contributed by atoms with Gasteiger partial charge in [0.2, 0.25) is 5.91 Å². The maximum Gasteiger partial charge on any atom is 0.254 e. The monoisotopic (exact) mass is 525 g/mol. The van der Waals surface area contributed by atoms with E-state index in [-0.39, 0.29) is 17.9 Å². The molecule has 0 saturated heterocycles. The molecule has 0 unspecified atom stereocenters. The lowest BCUT2D eigenvalue weighted by Gasteiger charge is -2.17. The molecule has 1 aromatic heterocycles. The van der Waals surface area contributed by atoms with E-state index in [2.05, 4.69) is 9.68 Å². The Balaban J connectivity index is 1.97. The number of hydrogen-bond donors (Lipinski definition) is 1. The third kappa shape index (κ3) is 5.24. The van der Waals surface area contributed by atoms with Crippen LogP contribution in [0.4, 0.5) is 5.69 Å². The number of nitrogens with one attached hydrogen (secondary N) is 1. The van der Waals surface area contributed by atoms with E-state index in [9.17, 15) is 13.8 Å². The minimum atomic E-state index is -2.42. The molecule has 0 saturated carbocycles. The van der Waals surface area contributed by atoms with Crippen molar-refractivity contribution in [1.29, 1.82) is 0 Å². The zero-order valence-corrected chi connectivity index (χ0v) is 22.4. The van der Waals surface area contributed by atoms with Crippen LogP contribution in [-0.2, 0) is 28.0 Å². The topological polar surface area (TPSA) is 89.8 Å². The lowest BCUT2D eigenvalue weighted by atomic mass is 9.98. The molecule has 0 bridgehead atoms. The van der Waals surface area contributed by atoms with E-state index < -0.39 is 9.73 Å². The second kappa shape index (κ2) is 9.95. The molecule has 1 aliphatic carbocycles. The number of hydrogen-bond acceptors (Lipinski definition) is 5. The number of fused-ring (bicyclic) bond motifs is 1. The average Bonchev–Trinajstić information content (AvgIpc) is 3.25. The number of ether oxygens (including phenoxy) is 1. The number of carbonyl (C=O) groups is 1. The van der Waals surface area contributed by atoms with E-state index in [1.165, 1.54) is 4.57 Å². The van der Waals surface area contributed by atoms with Crippen LogP contribution < -0.4 is 15.6 Å². The normalized spacial score (nSPS) is 12.7. The van der Waals surface area contributed by atoms with Crippen molar-refractivity contribution in [3.63, 3.8) is 0 Å². The molecule has 188 valence electrons. The van der Waals surface area contributed by atoms with Crippen molar-refractivity contribution in [1.82, 2.24) is 9.88 Å². The minimum absolute atomic E-state index is 0.167. The van der Waals surface area contributed by atoms with Crippen molar-refractivity contribution in [3.05, 3.63) is 80.2 Å². The first-order valence-electron chi connectivity index (χ1n) is 11.4. The fraction of sp³-hybridized carbons (Fsp3) is 0.259. The molecule has 2 aromatic carbocycles. The Morgan fingerprint density at radius 2 is 1.97 bits per heavy atom. The molecule has 1 N–H and O–H groups in total. The van der Waals surface area contributed by atoms with Crippen molar-refractivity contribution < 1.29 is 13.7 Å².